The maximum Gasteiger partial charge on any atom is 0.0886 e. The molecule has 0 aliphatic heterocycles. The lowest BCUT2D eigenvalue weighted by Crippen LogP contribution is -2.52. The van der Waals surface area contributed by atoms with Crippen molar-refractivity contribution in [2.45, 2.75) is 30.9 Å². The molecule has 96 valence electrons. The molecule has 1 fully saturated rings. The summed E-state index contributed by atoms with van der Waals surface area (Å²) in [7, 11) is 1.79. The van der Waals surface area contributed by atoms with Gasteiger partial charge in [-0.25, -0.2) is 0 Å². The first-order chi connectivity index (χ1) is 8.80. The van der Waals surface area contributed by atoms with Gasteiger partial charge in [0, 0.05) is 11.8 Å². The van der Waals surface area contributed by atoms with Gasteiger partial charge in [0.15, 0.2) is 0 Å². The zero-order valence-corrected chi connectivity index (χ0v) is 11.3. The molecule has 0 bridgehead atoms. The van der Waals surface area contributed by atoms with E-state index in [1.165, 1.54) is 22.1 Å². The first kappa shape index (κ1) is 12.1. The van der Waals surface area contributed by atoms with Crippen molar-refractivity contribution in [3.63, 3.8) is 0 Å². The molecule has 0 spiro atoms. The van der Waals surface area contributed by atoms with Crippen LogP contribution in [0.25, 0.3) is 10.1 Å². The molecule has 1 aromatic heterocycles. The largest absolute Gasteiger partial charge is 0.376 e. The van der Waals surface area contributed by atoms with Gasteiger partial charge in [0.2, 0.25) is 0 Å². The van der Waals surface area contributed by atoms with E-state index in [4.69, 9.17) is 10.6 Å². The summed E-state index contributed by atoms with van der Waals surface area (Å²) < 4.78 is 7.08. The van der Waals surface area contributed by atoms with Crippen LogP contribution in [0, 0.1) is 0 Å². The standard InChI is InChI=1S/C14H18N2OS/c1-17-14(7-3-8-14)13(16-15)11-5-2-4-10-6-9-18-12(10)11/h2,4-6,9,13,16H,3,7-8,15H2,1H3. The second kappa shape index (κ2) is 4.63. The fourth-order valence-corrected chi connectivity index (χ4v) is 3.85. The van der Waals surface area contributed by atoms with Crippen LogP contribution in [0.5, 0.6) is 0 Å². The number of rotatable bonds is 4. The molecule has 1 aromatic carbocycles. The lowest BCUT2D eigenvalue weighted by atomic mass is 9.72. The van der Waals surface area contributed by atoms with Gasteiger partial charge in [-0.15, -0.1) is 11.3 Å². The van der Waals surface area contributed by atoms with Gasteiger partial charge in [-0.3, -0.25) is 11.3 Å². The van der Waals surface area contributed by atoms with Crippen molar-refractivity contribution in [2.75, 3.05) is 7.11 Å². The molecule has 18 heavy (non-hydrogen) atoms. The van der Waals surface area contributed by atoms with Gasteiger partial charge in [-0.2, -0.15) is 0 Å². The van der Waals surface area contributed by atoms with E-state index in [2.05, 4.69) is 35.1 Å². The average molecular weight is 262 g/mol. The third-order valence-corrected chi connectivity index (χ3v) is 5.10. The zero-order valence-electron chi connectivity index (χ0n) is 10.5. The quantitative estimate of drug-likeness (QED) is 0.658. The molecule has 4 heteroatoms. The van der Waals surface area contributed by atoms with Gasteiger partial charge in [0.25, 0.3) is 0 Å². The fourth-order valence-electron chi connectivity index (χ4n) is 2.90. The van der Waals surface area contributed by atoms with Gasteiger partial charge in [-0.05, 0) is 41.7 Å². The summed E-state index contributed by atoms with van der Waals surface area (Å²) in [6.07, 6.45) is 3.35. The molecule has 3 rings (SSSR count). The van der Waals surface area contributed by atoms with Crippen LogP contribution < -0.4 is 11.3 Å². The molecule has 1 aliphatic carbocycles. The minimum atomic E-state index is -0.132. The van der Waals surface area contributed by atoms with Crippen molar-refractivity contribution in [2.24, 2.45) is 5.84 Å². The highest BCUT2D eigenvalue weighted by molar-refractivity contribution is 7.17. The second-order valence-electron chi connectivity index (χ2n) is 4.91. The Morgan fingerprint density at radius 3 is 2.83 bits per heavy atom. The van der Waals surface area contributed by atoms with E-state index in [1.807, 2.05) is 0 Å². The summed E-state index contributed by atoms with van der Waals surface area (Å²) in [6.45, 7) is 0. The number of methoxy groups -OCH3 is 1. The Kier molecular flexibility index (Phi) is 3.11. The summed E-state index contributed by atoms with van der Waals surface area (Å²) in [5.41, 5.74) is 4.10. The monoisotopic (exact) mass is 262 g/mol. The predicted octanol–water partition coefficient (Wildman–Crippen LogP) is 2.97. The average Bonchev–Trinajstić information content (AvgIpc) is 2.82. The Morgan fingerprint density at radius 2 is 2.22 bits per heavy atom. The van der Waals surface area contributed by atoms with Crippen LogP contribution in [0.15, 0.2) is 29.6 Å². The molecule has 3 nitrogen and oxygen atoms in total. The van der Waals surface area contributed by atoms with Crippen LogP contribution >= 0.6 is 11.3 Å². The molecule has 0 amide bonds. The smallest absolute Gasteiger partial charge is 0.0886 e. The summed E-state index contributed by atoms with van der Waals surface area (Å²) in [6, 6.07) is 8.61. The highest BCUT2D eigenvalue weighted by Gasteiger charge is 2.45. The zero-order chi connectivity index (χ0) is 12.6. The summed E-state index contributed by atoms with van der Waals surface area (Å²) in [5.74, 6) is 5.81. The van der Waals surface area contributed by atoms with E-state index in [0.717, 1.165) is 12.8 Å². The minimum absolute atomic E-state index is 0.0681. The molecule has 0 radical (unpaired) electrons. The molecule has 1 atom stereocenters. The number of benzene rings is 1. The lowest BCUT2D eigenvalue weighted by molar-refractivity contribution is -0.0995. The molecule has 2 aromatic rings. The van der Waals surface area contributed by atoms with Gasteiger partial charge in [-0.1, -0.05) is 18.2 Å². The third-order valence-electron chi connectivity index (χ3n) is 4.12. The second-order valence-corrected chi connectivity index (χ2v) is 5.82. The Morgan fingerprint density at radius 1 is 1.39 bits per heavy atom. The van der Waals surface area contributed by atoms with E-state index >= 15 is 0 Å². The van der Waals surface area contributed by atoms with Crippen molar-refractivity contribution in [1.29, 1.82) is 0 Å². The van der Waals surface area contributed by atoms with Crippen molar-refractivity contribution in [3.05, 3.63) is 35.2 Å². The van der Waals surface area contributed by atoms with Crippen LogP contribution in [-0.2, 0) is 4.74 Å². The van der Waals surface area contributed by atoms with Crippen LogP contribution in [0.4, 0.5) is 0 Å². The van der Waals surface area contributed by atoms with Gasteiger partial charge in [0.05, 0.1) is 11.6 Å². The van der Waals surface area contributed by atoms with E-state index in [1.54, 1.807) is 18.4 Å². The third kappa shape index (κ3) is 1.68. The Labute approximate surface area is 111 Å². The highest BCUT2D eigenvalue weighted by Crippen LogP contribution is 2.46. The molecule has 1 saturated carbocycles. The Bertz CT molecular complexity index is 542. The maximum absolute atomic E-state index is 5.81. The molecular formula is C14H18N2OS. The minimum Gasteiger partial charge on any atom is -0.376 e. The maximum atomic E-state index is 5.81. The SMILES string of the molecule is COC1(C(NN)c2cccc3ccsc23)CCC1. The number of hydrogen-bond donors (Lipinski definition) is 2. The number of nitrogens with one attached hydrogen (secondary N) is 1. The van der Waals surface area contributed by atoms with Crippen molar-refractivity contribution >= 4 is 21.4 Å². The number of hydrazine groups is 1. The van der Waals surface area contributed by atoms with Crippen molar-refractivity contribution in [1.82, 2.24) is 5.43 Å². The van der Waals surface area contributed by atoms with Crippen LogP contribution in [-0.4, -0.2) is 12.7 Å². The number of ether oxygens (including phenoxy) is 1. The molecule has 1 unspecified atom stereocenters. The van der Waals surface area contributed by atoms with E-state index < -0.39 is 0 Å². The van der Waals surface area contributed by atoms with Crippen LogP contribution in [0.2, 0.25) is 0 Å². The predicted molar refractivity (Wildman–Crippen MR) is 75.5 cm³/mol. The Balaban J connectivity index is 2.08. The van der Waals surface area contributed by atoms with E-state index in [0.29, 0.717) is 0 Å². The molecule has 3 N–H and O–H groups in total. The number of hydrogen-bond acceptors (Lipinski definition) is 4. The summed E-state index contributed by atoms with van der Waals surface area (Å²) in [5, 5.41) is 3.41. The lowest BCUT2D eigenvalue weighted by Gasteiger charge is -2.46. The molecule has 0 saturated heterocycles. The first-order valence-electron chi connectivity index (χ1n) is 6.28. The fraction of sp³-hybridized carbons (Fsp3) is 0.429. The van der Waals surface area contributed by atoms with Crippen molar-refractivity contribution < 1.29 is 4.74 Å². The van der Waals surface area contributed by atoms with Crippen LogP contribution in [0.3, 0.4) is 0 Å². The van der Waals surface area contributed by atoms with E-state index in [9.17, 15) is 0 Å². The first-order valence-corrected chi connectivity index (χ1v) is 7.16. The number of thiophene rings is 1. The van der Waals surface area contributed by atoms with Gasteiger partial charge < -0.3 is 4.74 Å². The molecule has 1 aliphatic rings. The highest BCUT2D eigenvalue weighted by atomic mass is 32.1. The van der Waals surface area contributed by atoms with Crippen molar-refractivity contribution in [3.8, 4) is 0 Å². The molecule has 1 heterocycles. The number of fused-ring (bicyclic) bond motifs is 1. The van der Waals surface area contributed by atoms with Gasteiger partial charge in [0.1, 0.15) is 0 Å². The molecular weight excluding hydrogens is 244 g/mol. The van der Waals surface area contributed by atoms with Gasteiger partial charge >= 0.3 is 0 Å². The number of nitrogens with two attached hydrogens (primary N) is 1. The summed E-state index contributed by atoms with van der Waals surface area (Å²) in [4.78, 5) is 0. The topological polar surface area (TPSA) is 47.3 Å². The summed E-state index contributed by atoms with van der Waals surface area (Å²) >= 11 is 1.77. The Hall–Kier alpha value is -0.940. The normalized spacial score (nSPS) is 19.7. The van der Waals surface area contributed by atoms with Crippen LogP contribution in [0.1, 0.15) is 30.9 Å². The van der Waals surface area contributed by atoms with E-state index in [-0.39, 0.29) is 11.6 Å².